The van der Waals surface area contributed by atoms with E-state index in [4.69, 9.17) is 5.73 Å². The van der Waals surface area contributed by atoms with Crippen LogP contribution in [0.1, 0.15) is 67.9 Å². The Hall–Kier alpha value is -1.58. The van der Waals surface area contributed by atoms with Gasteiger partial charge in [-0.05, 0) is 24.5 Å². The summed E-state index contributed by atoms with van der Waals surface area (Å²) in [6, 6.07) is 3.67. The van der Waals surface area contributed by atoms with Gasteiger partial charge in [-0.2, -0.15) is 0 Å². The maximum absolute atomic E-state index is 11.5. The fourth-order valence-corrected chi connectivity index (χ4v) is 2.12. The number of unbranched alkanes of at least 4 members (excludes halogenated alkanes) is 3. The average molecular weight is 263 g/mol. The normalized spacial score (nSPS) is 12.2. The maximum atomic E-state index is 11.5. The minimum atomic E-state index is -0.188. The monoisotopic (exact) mass is 263 g/mol. The van der Waals surface area contributed by atoms with Crippen LogP contribution in [-0.2, 0) is 0 Å². The van der Waals surface area contributed by atoms with Crippen LogP contribution in [0.25, 0.3) is 0 Å². The van der Waals surface area contributed by atoms with Crippen LogP contribution >= 0.6 is 0 Å². The molecule has 0 bridgehead atoms. The lowest BCUT2D eigenvalue weighted by atomic mass is 9.98. The van der Waals surface area contributed by atoms with Crippen LogP contribution in [0.4, 0.5) is 5.82 Å². The quantitative estimate of drug-likeness (QED) is 0.743. The summed E-state index contributed by atoms with van der Waals surface area (Å²) in [6.45, 7) is 4.37. The third-order valence-corrected chi connectivity index (χ3v) is 3.41. The van der Waals surface area contributed by atoms with E-state index in [9.17, 15) is 4.79 Å². The number of nitrogens with two attached hydrogens (primary N) is 1. The largest absolute Gasteiger partial charge is 0.383 e. The van der Waals surface area contributed by atoms with Gasteiger partial charge in [0.05, 0.1) is 5.56 Å². The van der Waals surface area contributed by atoms with Crippen LogP contribution in [0.5, 0.6) is 0 Å². The predicted octanol–water partition coefficient (Wildman–Crippen LogP) is 3.10. The molecule has 4 nitrogen and oxygen atoms in total. The van der Waals surface area contributed by atoms with E-state index in [0.29, 0.717) is 17.3 Å². The Bertz CT molecular complexity index is 418. The molecule has 0 spiro atoms. The first-order valence-corrected chi connectivity index (χ1v) is 7.08. The number of hydrogen-bond donors (Lipinski definition) is 2. The first-order valence-electron chi connectivity index (χ1n) is 7.08. The highest BCUT2D eigenvalue weighted by Gasteiger charge is 2.13. The second-order valence-corrected chi connectivity index (χ2v) is 5.00. The molecule has 19 heavy (non-hydrogen) atoms. The van der Waals surface area contributed by atoms with E-state index in [0.717, 1.165) is 12.1 Å². The molecular weight excluding hydrogens is 238 g/mol. The van der Waals surface area contributed by atoms with Gasteiger partial charge in [0.2, 0.25) is 0 Å². The number of nitrogens with one attached hydrogen (secondary N) is 1. The molecule has 1 amide bonds. The molecule has 0 fully saturated rings. The van der Waals surface area contributed by atoms with Crippen LogP contribution in [-0.4, -0.2) is 17.9 Å². The molecule has 1 unspecified atom stereocenters. The van der Waals surface area contributed by atoms with Gasteiger partial charge < -0.3 is 11.1 Å². The molecule has 106 valence electrons. The van der Waals surface area contributed by atoms with Crippen molar-refractivity contribution in [2.45, 2.75) is 51.9 Å². The number of nitrogen functional groups attached to an aromatic ring is 1. The number of rotatable bonds is 7. The average Bonchev–Trinajstić information content (AvgIpc) is 2.42. The van der Waals surface area contributed by atoms with Crippen molar-refractivity contribution in [3.8, 4) is 0 Å². The van der Waals surface area contributed by atoms with E-state index in [2.05, 4.69) is 24.1 Å². The van der Waals surface area contributed by atoms with Gasteiger partial charge in [0.25, 0.3) is 5.91 Å². The fourth-order valence-electron chi connectivity index (χ4n) is 2.12. The Kier molecular flexibility index (Phi) is 6.33. The standard InChI is InChI=1S/C15H25N3O/c1-4-5-6-7-8-11(2)13-10-9-12(14(16)18-13)15(19)17-3/h9-11H,4-8H2,1-3H3,(H2,16,18)(H,17,19). The van der Waals surface area contributed by atoms with E-state index >= 15 is 0 Å². The van der Waals surface area contributed by atoms with Gasteiger partial charge in [-0.25, -0.2) is 4.98 Å². The number of amides is 1. The highest BCUT2D eigenvalue weighted by Crippen LogP contribution is 2.22. The summed E-state index contributed by atoms with van der Waals surface area (Å²) in [4.78, 5) is 15.9. The van der Waals surface area contributed by atoms with Gasteiger partial charge in [-0.3, -0.25) is 4.79 Å². The lowest BCUT2D eigenvalue weighted by Crippen LogP contribution is -2.20. The van der Waals surface area contributed by atoms with Crippen LogP contribution in [0.2, 0.25) is 0 Å². The predicted molar refractivity (Wildman–Crippen MR) is 79.2 cm³/mol. The molecular formula is C15H25N3O. The molecule has 1 rings (SSSR count). The third-order valence-electron chi connectivity index (χ3n) is 3.41. The molecule has 0 radical (unpaired) electrons. The van der Waals surface area contributed by atoms with E-state index in [1.807, 2.05) is 6.07 Å². The summed E-state index contributed by atoms with van der Waals surface area (Å²) < 4.78 is 0. The van der Waals surface area contributed by atoms with Crippen LogP contribution < -0.4 is 11.1 Å². The molecule has 1 aromatic heterocycles. The number of hydrogen-bond acceptors (Lipinski definition) is 3. The smallest absolute Gasteiger partial charge is 0.254 e. The summed E-state index contributed by atoms with van der Waals surface area (Å²) in [5.74, 6) is 0.516. The van der Waals surface area contributed by atoms with Gasteiger partial charge >= 0.3 is 0 Å². The van der Waals surface area contributed by atoms with Crippen LogP contribution in [0.15, 0.2) is 12.1 Å². The zero-order valence-electron chi connectivity index (χ0n) is 12.2. The first kappa shape index (κ1) is 15.5. The number of carbonyl (C=O) groups is 1. The lowest BCUT2D eigenvalue weighted by Gasteiger charge is -2.12. The number of nitrogens with zero attached hydrogens (tertiary/aromatic N) is 1. The van der Waals surface area contributed by atoms with Gasteiger partial charge in [0, 0.05) is 12.7 Å². The van der Waals surface area contributed by atoms with Crippen molar-refractivity contribution in [3.63, 3.8) is 0 Å². The second-order valence-electron chi connectivity index (χ2n) is 5.00. The minimum absolute atomic E-state index is 0.188. The highest BCUT2D eigenvalue weighted by molar-refractivity contribution is 5.98. The van der Waals surface area contributed by atoms with Crippen molar-refractivity contribution in [1.82, 2.24) is 10.3 Å². The van der Waals surface area contributed by atoms with Gasteiger partial charge in [-0.15, -0.1) is 0 Å². The van der Waals surface area contributed by atoms with E-state index < -0.39 is 0 Å². The molecule has 4 heteroatoms. The number of anilines is 1. The summed E-state index contributed by atoms with van der Waals surface area (Å²) in [7, 11) is 1.59. The Morgan fingerprint density at radius 1 is 1.37 bits per heavy atom. The van der Waals surface area contributed by atoms with Crippen molar-refractivity contribution < 1.29 is 4.79 Å². The molecule has 1 aromatic rings. The summed E-state index contributed by atoms with van der Waals surface area (Å²) in [6.07, 6.45) is 6.14. The molecule has 0 aliphatic rings. The molecule has 3 N–H and O–H groups in total. The lowest BCUT2D eigenvalue weighted by molar-refractivity contribution is 0.0963. The summed E-state index contributed by atoms with van der Waals surface area (Å²) in [5, 5.41) is 2.56. The molecule has 1 atom stereocenters. The molecule has 0 aromatic carbocycles. The van der Waals surface area contributed by atoms with E-state index in [-0.39, 0.29) is 5.91 Å². The number of aromatic nitrogens is 1. The summed E-state index contributed by atoms with van der Waals surface area (Å²) in [5.41, 5.74) is 7.26. The second kappa shape index (κ2) is 7.77. The highest BCUT2D eigenvalue weighted by atomic mass is 16.1. The van der Waals surface area contributed by atoms with Crippen molar-refractivity contribution >= 4 is 11.7 Å². The van der Waals surface area contributed by atoms with Gasteiger partial charge in [0.15, 0.2) is 0 Å². The molecule has 0 aliphatic heterocycles. The topological polar surface area (TPSA) is 68.0 Å². The molecule has 1 heterocycles. The maximum Gasteiger partial charge on any atom is 0.254 e. The van der Waals surface area contributed by atoms with Crippen molar-refractivity contribution in [3.05, 3.63) is 23.4 Å². The SMILES string of the molecule is CCCCCCC(C)c1ccc(C(=O)NC)c(N)n1. The Morgan fingerprint density at radius 3 is 2.68 bits per heavy atom. The summed E-state index contributed by atoms with van der Waals surface area (Å²) >= 11 is 0. The van der Waals surface area contributed by atoms with Crippen LogP contribution in [0, 0.1) is 0 Å². The minimum Gasteiger partial charge on any atom is -0.383 e. The van der Waals surface area contributed by atoms with Crippen molar-refractivity contribution in [2.75, 3.05) is 12.8 Å². The Morgan fingerprint density at radius 2 is 2.11 bits per heavy atom. The Balaban J connectivity index is 2.64. The van der Waals surface area contributed by atoms with Crippen molar-refractivity contribution in [1.29, 1.82) is 0 Å². The van der Waals surface area contributed by atoms with Crippen LogP contribution in [0.3, 0.4) is 0 Å². The van der Waals surface area contributed by atoms with Crippen molar-refractivity contribution in [2.24, 2.45) is 0 Å². The molecule has 0 saturated heterocycles. The third kappa shape index (κ3) is 4.54. The number of carbonyl (C=O) groups excluding carboxylic acids is 1. The first-order chi connectivity index (χ1) is 9.10. The fraction of sp³-hybridized carbons (Fsp3) is 0.600. The van der Waals surface area contributed by atoms with Gasteiger partial charge in [0.1, 0.15) is 5.82 Å². The zero-order chi connectivity index (χ0) is 14.3. The molecule has 0 saturated carbocycles. The number of pyridine rings is 1. The Labute approximate surface area is 115 Å². The van der Waals surface area contributed by atoms with E-state index in [1.54, 1.807) is 13.1 Å². The van der Waals surface area contributed by atoms with E-state index in [1.165, 1.54) is 25.7 Å². The zero-order valence-corrected chi connectivity index (χ0v) is 12.2. The van der Waals surface area contributed by atoms with Gasteiger partial charge in [-0.1, -0.05) is 39.5 Å². The molecule has 0 aliphatic carbocycles.